The Labute approximate surface area is 145 Å². The van der Waals surface area contributed by atoms with Gasteiger partial charge in [0.15, 0.2) is 0 Å². The molecule has 25 heavy (non-hydrogen) atoms. The molecule has 0 bridgehead atoms. The average Bonchev–Trinajstić information content (AvgIpc) is 2.82. The standard InChI is InChI=1S/C17H21FN4O3/c1-5-20(12(3)14-6-8-15(18)9-7-14)16(23)10-21-13(4)17(22(24)25)11(2)19-21/h6-9,12H,5,10H2,1-4H3/t12-/m1/s1. The highest BCUT2D eigenvalue weighted by Gasteiger charge is 2.25. The Hall–Kier alpha value is -2.77. The van der Waals surface area contributed by atoms with Crippen molar-refractivity contribution in [2.75, 3.05) is 6.54 Å². The Morgan fingerprint density at radius 1 is 1.36 bits per heavy atom. The first kappa shape index (κ1) is 18.6. The van der Waals surface area contributed by atoms with E-state index in [0.29, 0.717) is 12.2 Å². The number of aryl methyl sites for hydroxylation is 1. The maximum absolute atomic E-state index is 13.1. The number of nitrogens with zero attached hydrogens (tertiary/aromatic N) is 4. The van der Waals surface area contributed by atoms with Crippen molar-refractivity contribution in [1.29, 1.82) is 0 Å². The van der Waals surface area contributed by atoms with Gasteiger partial charge in [-0.1, -0.05) is 12.1 Å². The van der Waals surface area contributed by atoms with Gasteiger partial charge in [-0.2, -0.15) is 5.10 Å². The van der Waals surface area contributed by atoms with E-state index in [1.54, 1.807) is 30.9 Å². The number of likely N-dealkylation sites (N-methyl/N-ethyl adjacent to an activating group) is 1. The van der Waals surface area contributed by atoms with Crippen molar-refractivity contribution in [3.05, 3.63) is 57.1 Å². The highest BCUT2D eigenvalue weighted by atomic mass is 19.1. The van der Waals surface area contributed by atoms with Crippen molar-refractivity contribution in [3.63, 3.8) is 0 Å². The molecule has 0 spiro atoms. The highest BCUT2D eigenvalue weighted by Crippen LogP contribution is 2.24. The van der Waals surface area contributed by atoms with E-state index in [9.17, 15) is 19.3 Å². The lowest BCUT2D eigenvalue weighted by molar-refractivity contribution is -0.386. The largest absolute Gasteiger partial charge is 0.335 e. The zero-order valence-electron chi connectivity index (χ0n) is 14.7. The lowest BCUT2D eigenvalue weighted by atomic mass is 10.1. The van der Waals surface area contributed by atoms with E-state index in [0.717, 1.165) is 5.56 Å². The predicted octanol–water partition coefficient (Wildman–Crippen LogP) is 3.16. The molecule has 2 aromatic rings. The van der Waals surface area contributed by atoms with Crippen molar-refractivity contribution < 1.29 is 14.1 Å². The molecule has 7 nitrogen and oxygen atoms in total. The smallest absolute Gasteiger partial charge is 0.312 e. The van der Waals surface area contributed by atoms with Crippen LogP contribution < -0.4 is 0 Å². The number of carbonyl (C=O) groups excluding carboxylic acids is 1. The fourth-order valence-electron chi connectivity index (χ4n) is 2.91. The van der Waals surface area contributed by atoms with Gasteiger partial charge >= 0.3 is 5.69 Å². The minimum atomic E-state index is -0.489. The molecule has 0 radical (unpaired) electrons. The molecule has 0 saturated carbocycles. The lowest BCUT2D eigenvalue weighted by Gasteiger charge is -2.28. The number of hydrogen-bond donors (Lipinski definition) is 0. The monoisotopic (exact) mass is 348 g/mol. The third-order valence-electron chi connectivity index (χ3n) is 4.29. The van der Waals surface area contributed by atoms with E-state index in [2.05, 4.69) is 5.10 Å². The third-order valence-corrected chi connectivity index (χ3v) is 4.29. The number of aromatic nitrogens is 2. The van der Waals surface area contributed by atoms with E-state index in [1.807, 2.05) is 13.8 Å². The molecule has 0 aliphatic heterocycles. The van der Waals surface area contributed by atoms with Crippen LogP contribution in [0.4, 0.5) is 10.1 Å². The first-order valence-electron chi connectivity index (χ1n) is 7.99. The first-order chi connectivity index (χ1) is 11.8. The Morgan fingerprint density at radius 2 is 1.96 bits per heavy atom. The second-order valence-electron chi connectivity index (χ2n) is 5.84. The van der Waals surface area contributed by atoms with Crippen LogP contribution in [0.3, 0.4) is 0 Å². The van der Waals surface area contributed by atoms with Crippen molar-refractivity contribution in [3.8, 4) is 0 Å². The summed E-state index contributed by atoms with van der Waals surface area (Å²) in [6, 6.07) is 5.75. The maximum Gasteiger partial charge on any atom is 0.312 e. The van der Waals surface area contributed by atoms with Crippen LogP contribution in [-0.4, -0.2) is 32.1 Å². The highest BCUT2D eigenvalue weighted by molar-refractivity contribution is 5.76. The summed E-state index contributed by atoms with van der Waals surface area (Å²) in [5.41, 5.74) is 1.38. The summed E-state index contributed by atoms with van der Waals surface area (Å²) in [6.07, 6.45) is 0. The van der Waals surface area contributed by atoms with E-state index in [1.165, 1.54) is 16.8 Å². The van der Waals surface area contributed by atoms with Crippen LogP contribution in [0.1, 0.15) is 36.8 Å². The molecule has 2 rings (SSSR count). The molecule has 134 valence electrons. The van der Waals surface area contributed by atoms with Crippen molar-refractivity contribution >= 4 is 11.6 Å². The van der Waals surface area contributed by atoms with E-state index in [-0.39, 0.29) is 35.7 Å². The van der Waals surface area contributed by atoms with Gasteiger partial charge in [-0.3, -0.25) is 19.6 Å². The topological polar surface area (TPSA) is 81.3 Å². The molecule has 1 aromatic heterocycles. The van der Waals surface area contributed by atoms with Crippen molar-refractivity contribution in [1.82, 2.24) is 14.7 Å². The number of rotatable bonds is 6. The number of hydrogen-bond acceptors (Lipinski definition) is 4. The van der Waals surface area contributed by atoms with Crippen LogP contribution in [0, 0.1) is 29.8 Å². The van der Waals surface area contributed by atoms with Crippen LogP contribution in [0.15, 0.2) is 24.3 Å². The SMILES string of the molecule is CCN(C(=O)Cn1nc(C)c([N+](=O)[O-])c1C)[C@H](C)c1ccc(F)cc1. The van der Waals surface area contributed by atoms with E-state index >= 15 is 0 Å². The van der Waals surface area contributed by atoms with Gasteiger partial charge in [0, 0.05) is 6.54 Å². The summed E-state index contributed by atoms with van der Waals surface area (Å²) in [6.45, 7) is 7.20. The molecule has 0 fully saturated rings. The van der Waals surface area contributed by atoms with E-state index < -0.39 is 4.92 Å². The van der Waals surface area contributed by atoms with Crippen molar-refractivity contribution in [2.24, 2.45) is 0 Å². The molecular weight excluding hydrogens is 327 g/mol. The predicted molar refractivity (Wildman–Crippen MR) is 90.6 cm³/mol. The molecular formula is C17H21FN4O3. The quantitative estimate of drug-likeness (QED) is 0.593. The molecule has 1 aromatic carbocycles. The number of amides is 1. The number of nitro groups is 1. The molecule has 0 aliphatic rings. The van der Waals surface area contributed by atoms with Gasteiger partial charge in [-0.25, -0.2) is 4.39 Å². The zero-order valence-corrected chi connectivity index (χ0v) is 14.7. The minimum absolute atomic E-state index is 0.0672. The molecule has 0 N–H and O–H groups in total. The Morgan fingerprint density at radius 3 is 2.44 bits per heavy atom. The lowest BCUT2D eigenvalue weighted by Crippen LogP contribution is -2.36. The summed E-state index contributed by atoms with van der Waals surface area (Å²) in [5, 5.41) is 15.2. The average molecular weight is 348 g/mol. The Kier molecular flexibility index (Phi) is 5.51. The molecule has 8 heteroatoms. The first-order valence-corrected chi connectivity index (χ1v) is 7.99. The van der Waals surface area contributed by atoms with Gasteiger partial charge in [0.05, 0.1) is 11.0 Å². The van der Waals surface area contributed by atoms with Gasteiger partial charge in [-0.15, -0.1) is 0 Å². The summed E-state index contributed by atoms with van der Waals surface area (Å²) in [7, 11) is 0. The Bertz CT molecular complexity index is 786. The van der Waals surface area contributed by atoms with Crippen LogP contribution in [0.25, 0.3) is 0 Å². The second-order valence-corrected chi connectivity index (χ2v) is 5.84. The van der Waals surface area contributed by atoms with E-state index in [4.69, 9.17) is 0 Å². The number of halogens is 1. The van der Waals surface area contributed by atoms with Crippen LogP contribution >= 0.6 is 0 Å². The van der Waals surface area contributed by atoms with Gasteiger partial charge in [0.2, 0.25) is 5.91 Å². The molecule has 0 saturated heterocycles. The van der Waals surface area contributed by atoms with Crippen LogP contribution in [0.5, 0.6) is 0 Å². The number of benzene rings is 1. The Balaban J connectivity index is 2.22. The van der Waals surface area contributed by atoms with Gasteiger partial charge in [0.1, 0.15) is 23.7 Å². The molecule has 1 heterocycles. The summed E-state index contributed by atoms with van der Waals surface area (Å²) in [4.78, 5) is 24.9. The molecule has 0 unspecified atom stereocenters. The summed E-state index contributed by atoms with van der Waals surface area (Å²) in [5.74, 6) is -0.542. The minimum Gasteiger partial charge on any atom is -0.335 e. The fraction of sp³-hybridized carbons (Fsp3) is 0.412. The molecule has 0 aliphatic carbocycles. The molecule has 1 amide bonds. The zero-order chi connectivity index (χ0) is 18.7. The van der Waals surface area contributed by atoms with Gasteiger partial charge in [-0.05, 0) is 45.4 Å². The second kappa shape index (κ2) is 7.42. The number of carbonyl (C=O) groups is 1. The fourth-order valence-corrected chi connectivity index (χ4v) is 2.91. The van der Waals surface area contributed by atoms with Gasteiger partial charge < -0.3 is 4.90 Å². The summed E-state index contributed by atoms with van der Waals surface area (Å²) >= 11 is 0. The van der Waals surface area contributed by atoms with Crippen molar-refractivity contribution in [2.45, 2.75) is 40.3 Å². The van der Waals surface area contributed by atoms with Gasteiger partial charge in [0.25, 0.3) is 0 Å². The summed E-state index contributed by atoms with van der Waals surface area (Å²) < 4.78 is 14.4. The normalized spacial score (nSPS) is 12.0. The molecule has 1 atom stereocenters. The van der Waals surface area contributed by atoms with Crippen LogP contribution in [0.2, 0.25) is 0 Å². The third kappa shape index (κ3) is 3.84. The maximum atomic E-state index is 13.1. The van der Waals surface area contributed by atoms with Crippen LogP contribution in [-0.2, 0) is 11.3 Å².